The summed E-state index contributed by atoms with van der Waals surface area (Å²) in [6.45, 7) is 1.99. The first-order valence-electron chi connectivity index (χ1n) is 7.30. The third-order valence-electron chi connectivity index (χ3n) is 3.23. The Morgan fingerprint density at radius 2 is 1.62 bits per heavy atom. The highest BCUT2D eigenvalue weighted by Gasteiger charge is 2.08. The van der Waals surface area contributed by atoms with Gasteiger partial charge in [0.25, 0.3) is 5.91 Å². The van der Waals surface area contributed by atoms with E-state index in [0.717, 1.165) is 0 Å². The van der Waals surface area contributed by atoms with Crippen molar-refractivity contribution in [1.82, 2.24) is 10.6 Å². The Morgan fingerprint density at radius 1 is 0.958 bits per heavy atom. The lowest BCUT2D eigenvalue weighted by molar-refractivity contribution is 0.0953. The number of carbonyl (C=O) groups excluding carboxylic acids is 2. The number of benzene rings is 2. The first-order chi connectivity index (χ1) is 11.5. The second-order valence-corrected chi connectivity index (χ2v) is 5.11. The summed E-state index contributed by atoms with van der Waals surface area (Å²) < 4.78 is 26.1. The minimum absolute atomic E-state index is 0.186. The van der Waals surface area contributed by atoms with Crippen LogP contribution in [0.1, 0.15) is 15.9 Å². The standard InChI is InChI=1S/C17H17F2N3O2/c1-11-2-3-12(10-15(11)19)16(23)20-8-9-21-17(24)22-14-6-4-13(18)5-7-14/h2-7,10H,8-9H2,1H3,(H,20,23)(H2,21,22,24). The Hall–Kier alpha value is -2.96. The Balaban J connectivity index is 1.72. The predicted molar refractivity (Wildman–Crippen MR) is 86.9 cm³/mol. The molecule has 0 unspecified atom stereocenters. The molecular formula is C17H17F2N3O2. The van der Waals surface area contributed by atoms with Crippen LogP contribution in [0.4, 0.5) is 19.3 Å². The Bertz CT molecular complexity index is 733. The van der Waals surface area contributed by atoms with Gasteiger partial charge in [-0.2, -0.15) is 0 Å². The number of rotatable bonds is 5. The molecule has 0 aliphatic carbocycles. The van der Waals surface area contributed by atoms with Crippen LogP contribution < -0.4 is 16.0 Å². The van der Waals surface area contributed by atoms with Gasteiger partial charge in [0.2, 0.25) is 0 Å². The van der Waals surface area contributed by atoms with Gasteiger partial charge in [-0.25, -0.2) is 13.6 Å². The zero-order chi connectivity index (χ0) is 17.5. The van der Waals surface area contributed by atoms with E-state index in [9.17, 15) is 18.4 Å². The predicted octanol–water partition coefficient (Wildman–Crippen LogP) is 2.82. The summed E-state index contributed by atoms with van der Waals surface area (Å²) in [7, 11) is 0. The quantitative estimate of drug-likeness (QED) is 0.737. The molecule has 0 aliphatic heterocycles. The summed E-state index contributed by atoms with van der Waals surface area (Å²) in [6.07, 6.45) is 0. The maximum atomic E-state index is 13.4. The van der Waals surface area contributed by atoms with E-state index in [4.69, 9.17) is 0 Å². The summed E-state index contributed by atoms with van der Waals surface area (Å²) in [5.41, 5.74) is 1.13. The molecule has 0 spiro atoms. The molecule has 0 saturated carbocycles. The monoisotopic (exact) mass is 333 g/mol. The SMILES string of the molecule is Cc1ccc(C(=O)NCCNC(=O)Nc2ccc(F)cc2)cc1F. The number of halogens is 2. The van der Waals surface area contributed by atoms with Gasteiger partial charge >= 0.3 is 6.03 Å². The molecule has 7 heteroatoms. The highest BCUT2D eigenvalue weighted by molar-refractivity contribution is 5.94. The largest absolute Gasteiger partial charge is 0.350 e. The lowest BCUT2D eigenvalue weighted by Gasteiger charge is -2.09. The molecule has 0 heterocycles. The molecule has 126 valence electrons. The minimum atomic E-state index is -0.475. The molecule has 2 rings (SSSR count). The van der Waals surface area contributed by atoms with Crippen molar-refractivity contribution in [3.8, 4) is 0 Å². The van der Waals surface area contributed by atoms with Crippen LogP contribution >= 0.6 is 0 Å². The fourth-order valence-electron chi connectivity index (χ4n) is 1.90. The fraction of sp³-hybridized carbons (Fsp3) is 0.176. The summed E-state index contributed by atoms with van der Waals surface area (Å²) in [5, 5.41) is 7.64. The number of carbonyl (C=O) groups is 2. The molecule has 0 bridgehead atoms. The number of hydrogen-bond acceptors (Lipinski definition) is 2. The molecule has 0 atom stereocenters. The third-order valence-corrected chi connectivity index (χ3v) is 3.23. The molecule has 2 aromatic carbocycles. The van der Waals surface area contributed by atoms with Crippen LogP contribution in [-0.4, -0.2) is 25.0 Å². The van der Waals surface area contributed by atoms with E-state index in [0.29, 0.717) is 11.3 Å². The Labute approximate surface area is 138 Å². The number of hydrogen-bond donors (Lipinski definition) is 3. The highest BCUT2D eigenvalue weighted by Crippen LogP contribution is 2.09. The molecule has 0 aliphatic rings. The summed E-state index contributed by atoms with van der Waals surface area (Å²) in [5.74, 6) is -1.26. The van der Waals surface area contributed by atoms with Gasteiger partial charge in [0.05, 0.1) is 0 Å². The van der Waals surface area contributed by atoms with Gasteiger partial charge in [-0.05, 0) is 48.9 Å². The van der Waals surface area contributed by atoms with Crippen LogP contribution in [0.5, 0.6) is 0 Å². The summed E-state index contributed by atoms with van der Waals surface area (Å²) in [6, 6.07) is 9.08. The normalized spacial score (nSPS) is 10.1. The molecule has 0 aromatic heterocycles. The van der Waals surface area contributed by atoms with Crippen LogP contribution in [0.15, 0.2) is 42.5 Å². The molecule has 5 nitrogen and oxygen atoms in total. The smallest absolute Gasteiger partial charge is 0.319 e. The van der Waals surface area contributed by atoms with E-state index >= 15 is 0 Å². The van der Waals surface area contributed by atoms with E-state index in [-0.39, 0.29) is 18.7 Å². The van der Waals surface area contributed by atoms with Crippen molar-refractivity contribution in [2.24, 2.45) is 0 Å². The van der Waals surface area contributed by atoms with Gasteiger partial charge in [-0.3, -0.25) is 4.79 Å². The zero-order valence-electron chi connectivity index (χ0n) is 13.0. The number of urea groups is 1. The molecule has 2 aromatic rings. The number of anilines is 1. The maximum absolute atomic E-state index is 13.4. The van der Waals surface area contributed by atoms with E-state index in [2.05, 4.69) is 16.0 Å². The molecule has 0 radical (unpaired) electrons. The number of amides is 3. The van der Waals surface area contributed by atoms with Gasteiger partial charge in [0.1, 0.15) is 11.6 Å². The van der Waals surface area contributed by atoms with E-state index in [1.165, 1.54) is 42.5 Å². The van der Waals surface area contributed by atoms with Crippen molar-refractivity contribution in [2.45, 2.75) is 6.92 Å². The number of nitrogens with one attached hydrogen (secondary N) is 3. The van der Waals surface area contributed by atoms with Crippen molar-refractivity contribution < 1.29 is 18.4 Å². The zero-order valence-corrected chi connectivity index (χ0v) is 13.0. The van der Waals surface area contributed by atoms with Crippen LogP contribution in [0, 0.1) is 18.6 Å². The second kappa shape index (κ2) is 8.05. The molecule has 24 heavy (non-hydrogen) atoms. The van der Waals surface area contributed by atoms with Crippen molar-refractivity contribution in [2.75, 3.05) is 18.4 Å². The topological polar surface area (TPSA) is 70.2 Å². The summed E-state index contributed by atoms with van der Waals surface area (Å²) >= 11 is 0. The van der Waals surface area contributed by atoms with E-state index in [1.807, 2.05) is 0 Å². The maximum Gasteiger partial charge on any atom is 0.319 e. The molecule has 3 N–H and O–H groups in total. The number of aryl methyl sites for hydroxylation is 1. The van der Waals surface area contributed by atoms with Gasteiger partial charge in [-0.1, -0.05) is 6.07 Å². The molecule has 3 amide bonds. The van der Waals surface area contributed by atoms with Crippen LogP contribution in [0.2, 0.25) is 0 Å². The first-order valence-corrected chi connectivity index (χ1v) is 7.30. The van der Waals surface area contributed by atoms with Crippen molar-refractivity contribution >= 4 is 17.6 Å². The lowest BCUT2D eigenvalue weighted by Crippen LogP contribution is -2.36. The molecule has 0 fully saturated rings. The van der Waals surface area contributed by atoms with Crippen molar-refractivity contribution in [3.63, 3.8) is 0 Å². The summed E-state index contributed by atoms with van der Waals surface area (Å²) in [4.78, 5) is 23.5. The first kappa shape index (κ1) is 17.4. The fourth-order valence-corrected chi connectivity index (χ4v) is 1.90. The molecule has 0 saturated heterocycles. The van der Waals surface area contributed by atoms with E-state index < -0.39 is 23.6 Å². The third kappa shape index (κ3) is 5.05. The average Bonchev–Trinajstić information content (AvgIpc) is 2.56. The minimum Gasteiger partial charge on any atom is -0.350 e. The van der Waals surface area contributed by atoms with E-state index in [1.54, 1.807) is 6.92 Å². The van der Waals surface area contributed by atoms with Gasteiger partial charge in [0.15, 0.2) is 0 Å². The van der Waals surface area contributed by atoms with Gasteiger partial charge in [0, 0.05) is 24.3 Å². The van der Waals surface area contributed by atoms with Gasteiger partial charge < -0.3 is 16.0 Å². The van der Waals surface area contributed by atoms with Crippen LogP contribution in [0.25, 0.3) is 0 Å². The Kier molecular flexibility index (Phi) is 5.83. The second-order valence-electron chi connectivity index (χ2n) is 5.11. The highest BCUT2D eigenvalue weighted by atomic mass is 19.1. The average molecular weight is 333 g/mol. The van der Waals surface area contributed by atoms with Gasteiger partial charge in [-0.15, -0.1) is 0 Å². The van der Waals surface area contributed by atoms with Crippen LogP contribution in [-0.2, 0) is 0 Å². The van der Waals surface area contributed by atoms with Crippen LogP contribution in [0.3, 0.4) is 0 Å². The Morgan fingerprint density at radius 3 is 2.29 bits per heavy atom. The van der Waals surface area contributed by atoms with Crippen molar-refractivity contribution in [3.05, 3.63) is 65.2 Å². The molecular weight excluding hydrogens is 316 g/mol. The van der Waals surface area contributed by atoms with Crippen molar-refractivity contribution in [1.29, 1.82) is 0 Å². The lowest BCUT2D eigenvalue weighted by atomic mass is 10.1.